The number of thiophene rings is 1. The molecular formula is C18H13NO3S. The van der Waals surface area contributed by atoms with Crippen molar-refractivity contribution in [1.82, 2.24) is 0 Å². The van der Waals surface area contributed by atoms with Crippen molar-refractivity contribution in [1.29, 1.82) is 5.26 Å². The highest BCUT2D eigenvalue weighted by atomic mass is 32.1. The molecule has 3 aromatic rings. The zero-order valence-electron chi connectivity index (χ0n) is 12.3. The summed E-state index contributed by atoms with van der Waals surface area (Å²) >= 11 is 1.47. The number of ether oxygens (including phenoxy) is 1. The van der Waals surface area contributed by atoms with E-state index in [1.807, 2.05) is 23.6 Å². The molecule has 0 radical (unpaired) electrons. The summed E-state index contributed by atoms with van der Waals surface area (Å²) in [7, 11) is 1.49. The van der Waals surface area contributed by atoms with Gasteiger partial charge in [0.1, 0.15) is 11.8 Å². The number of hydrogen-bond acceptors (Lipinski definition) is 5. The fraction of sp³-hybridized carbons (Fsp3) is 0.0556. The summed E-state index contributed by atoms with van der Waals surface area (Å²) in [5.41, 5.74) is 2.19. The fourth-order valence-electron chi connectivity index (χ4n) is 2.17. The third-order valence-corrected chi connectivity index (χ3v) is 4.27. The maximum atomic E-state index is 9.83. The van der Waals surface area contributed by atoms with Crippen molar-refractivity contribution in [2.45, 2.75) is 0 Å². The number of nitrogens with zero attached hydrogens (tertiary/aromatic N) is 1. The van der Waals surface area contributed by atoms with Gasteiger partial charge in [-0.1, -0.05) is 6.07 Å². The first kappa shape index (κ1) is 14.9. The van der Waals surface area contributed by atoms with Gasteiger partial charge in [-0.25, -0.2) is 0 Å². The highest BCUT2D eigenvalue weighted by molar-refractivity contribution is 7.11. The second-order valence-corrected chi connectivity index (χ2v) is 5.69. The van der Waals surface area contributed by atoms with Gasteiger partial charge in [0.05, 0.1) is 18.9 Å². The summed E-state index contributed by atoms with van der Waals surface area (Å²) in [5, 5.41) is 21.2. The summed E-state index contributed by atoms with van der Waals surface area (Å²) in [6.07, 6.45) is 3.35. The van der Waals surface area contributed by atoms with Crippen molar-refractivity contribution in [2.75, 3.05) is 7.11 Å². The molecule has 0 saturated heterocycles. The first-order valence-electron chi connectivity index (χ1n) is 6.83. The zero-order valence-corrected chi connectivity index (χ0v) is 13.1. The molecule has 0 aliphatic heterocycles. The Morgan fingerprint density at radius 3 is 2.87 bits per heavy atom. The lowest BCUT2D eigenvalue weighted by molar-refractivity contribution is 0.373. The molecule has 23 heavy (non-hydrogen) atoms. The summed E-state index contributed by atoms with van der Waals surface area (Å²) in [5.74, 6) is 1.21. The Kier molecular flexibility index (Phi) is 4.18. The molecule has 2 heterocycles. The summed E-state index contributed by atoms with van der Waals surface area (Å²) in [6.45, 7) is 0. The molecule has 0 spiro atoms. The lowest BCUT2D eigenvalue weighted by Gasteiger charge is -2.03. The Labute approximate surface area is 137 Å². The van der Waals surface area contributed by atoms with E-state index in [1.165, 1.54) is 18.4 Å². The van der Waals surface area contributed by atoms with E-state index in [9.17, 15) is 10.4 Å². The monoisotopic (exact) mass is 323 g/mol. The third-order valence-electron chi connectivity index (χ3n) is 3.30. The van der Waals surface area contributed by atoms with Crippen molar-refractivity contribution in [3.05, 3.63) is 58.5 Å². The van der Waals surface area contributed by atoms with Crippen LogP contribution in [0.1, 0.15) is 10.4 Å². The van der Waals surface area contributed by atoms with Crippen LogP contribution in [0.15, 0.2) is 52.5 Å². The van der Waals surface area contributed by atoms with Gasteiger partial charge in [0.25, 0.3) is 0 Å². The van der Waals surface area contributed by atoms with Crippen LogP contribution in [0.25, 0.3) is 23.0 Å². The molecule has 1 aromatic carbocycles. The molecule has 0 bridgehead atoms. The number of methoxy groups -OCH3 is 1. The fourth-order valence-corrected chi connectivity index (χ4v) is 3.04. The van der Waals surface area contributed by atoms with E-state index >= 15 is 0 Å². The molecule has 3 rings (SSSR count). The highest BCUT2D eigenvalue weighted by Crippen LogP contribution is 2.32. The van der Waals surface area contributed by atoms with E-state index in [1.54, 1.807) is 30.5 Å². The maximum Gasteiger partial charge on any atom is 0.160 e. The highest BCUT2D eigenvalue weighted by Gasteiger charge is 2.09. The van der Waals surface area contributed by atoms with Gasteiger partial charge in [-0.15, -0.1) is 11.3 Å². The molecule has 0 aliphatic rings. The van der Waals surface area contributed by atoms with E-state index in [4.69, 9.17) is 9.15 Å². The van der Waals surface area contributed by atoms with Crippen molar-refractivity contribution < 1.29 is 14.3 Å². The normalized spacial score (nSPS) is 11.2. The van der Waals surface area contributed by atoms with Gasteiger partial charge in [-0.2, -0.15) is 5.26 Å². The number of allylic oxidation sites excluding steroid dienone is 1. The molecular weight excluding hydrogens is 310 g/mol. The van der Waals surface area contributed by atoms with Crippen LogP contribution in [0.3, 0.4) is 0 Å². The summed E-state index contributed by atoms with van der Waals surface area (Å²) < 4.78 is 10.4. The van der Waals surface area contributed by atoms with Gasteiger partial charge in [0, 0.05) is 15.8 Å². The average Bonchev–Trinajstić information content (AvgIpc) is 3.23. The van der Waals surface area contributed by atoms with Crippen LogP contribution in [0, 0.1) is 11.3 Å². The number of phenolic OH excluding ortho intramolecular Hbond substituents is 1. The summed E-state index contributed by atoms with van der Waals surface area (Å²) in [6, 6.07) is 12.8. The van der Waals surface area contributed by atoms with Crippen LogP contribution < -0.4 is 4.74 Å². The summed E-state index contributed by atoms with van der Waals surface area (Å²) in [4.78, 5) is 0.842. The van der Waals surface area contributed by atoms with Gasteiger partial charge in [-0.3, -0.25) is 0 Å². The van der Waals surface area contributed by atoms with Crippen LogP contribution in [-0.2, 0) is 0 Å². The van der Waals surface area contributed by atoms with Crippen molar-refractivity contribution in [3.8, 4) is 28.9 Å². The van der Waals surface area contributed by atoms with Crippen molar-refractivity contribution >= 4 is 23.0 Å². The van der Waals surface area contributed by atoms with Crippen molar-refractivity contribution in [2.24, 2.45) is 0 Å². The molecule has 0 aliphatic carbocycles. The zero-order chi connectivity index (χ0) is 16.2. The van der Waals surface area contributed by atoms with E-state index in [2.05, 4.69) is 6.07 Å². The predicted octanol–water partition coefficient (Wildman–Crippen LogP) is 4.79. The molecule has 4 nitrogen and oxygen atoms in total. The second kappa shape index (κ2) is 6.42. The maximum absolute atomic E-state index is 9.83. The second-order valence-electron chi connectivity index (χ2n) is 4.78. The standard InChI is InChI=1S/C18H13NO3S/c1-21-17-5-4-12(8-15(17)20)7-13(10-19)18-9-14(11-23-18)16-3-2-6-22-16/h2-9,11,20H,1H3. The molecule has 1 N–H and O–H groups in total. The molecule has 0 saturated carbocycles. The lowest BCUT2D eigenvalue weighted by Crippen LogP contribution is -1.84. The quantitative estimate of drug-likeness (QED) is 0.701. The van der Waals surface area contributed by atoms with Gasteiger partial charge >= 0.3 is 0 Å². The average molecular weight is 323 g/mol. The lowest BCUT2D eigenvalue weighted by atomic mass is 10.1. The smallest absolute Gasteiger partial charge is 0.160 e. The Balaban J connectivity index is 1.94. The molecule has 5 heteroatoms. The molecule has 0 atom stereocenters. The topological polar surface area (TPSA) is 66.4 Å². The van der Waals surface area contributed by atoms with Gasteiger partial charge in [-0.05, 0) is 42.0 Å². The van der Waals surface area contributed by atoms with Gasteiger partial charge < -0.3 is 14.3 Å². The van der Waals surface area contributed by atoms with Crippen LogP contribution in [0.4, 0.5) is 0 Å². The predicted molar refractivity (Wildman–Crippen MR) is 90.2 cm³/mol. The molecule has 2 aromatic heterocycles. The number of furan rings is 1. The van der Waals surface area contributed by atoms with Crippen LogP contribution in [0.5, 0.6) is 11.5 Å². The van der Waals surface area contributed by atoms with E-state index < -0.39 is 0 Å². The number of hydrogen-bond donors (Lipinski definition) is 1. The molecule has 0 fully saturated rings. The van der Waals surface area contributed by atoms with E-state index in [0.29, 0.717) is 11.3 Å². The van der Waals surface area contributed by atoms with Crippen LogP contribution in [0.2, 0.25) is 0 Å². The van der Waals surface area contributed by atoms with E-state index in [-0.39, 0.29) is 5.75 Å². The number of nitriles is 1. The number of phenols is 1. The number of benzene rings is 1. The van der Waals surface area contributed by atoms with Crippen molar-refractivity contribution in [3.63, 3.8) is 0 Å². The van der Waals surface area contributed by atoms with E-state index in [0.717, 1.165) is 21.8 Å². The largest absolute Gasteiger partial charge is 0.504 e. The molecule has 114 valence electrons. The Bertz CT molecular complexity index is 885. The number of rotatable bonds is 4. The first-order chi connectivity index (χ1) is 11.2. The SMILES string of the molecule is COc1ccc(C=C(C#N)c2cc(-c3ccco3)cs2)cc1O. The number of aromatic hydroxyl groups is 1. The molecule has 0 amide bonds. The minimum Gasteiger partial charge on any atom is -0.504 e. The minimum atomic E-state index is 0.0426. The molecule has 0 unspecified atom stereocenters. The Hall–Kier alpha value is -2.97. The van der Waals surface area contributed by atoms with Crippen LogP contribution >= 0.6 is 11.3 Å². The first-order valence-corrected chi connectivity index (χ1v) is 7.71. The minimum absolute atomic E-state index is 0.0426. The van der Waals surface area contributed by atoms with Gasteiger partial charge in [0.2, 0.25) is 0 Å². The Morgan fingerprint density at radius 2 is 2.22 bits per heavy atom. The van der Waals surface area contributed by atoms with Gasteiger partial charge in [0.15, 0.2) is 11.5 Å². The third kappa shape index (κ3) is 3.12. The Morgan fingerprint density at radius 1 is 1.35 bits per heavy atom. The van der Waals surface area contributed by atoms with Crippen LogP contribution in [-0.4, -0.2) is 12.2 Å².